The lowest BCUT2D eigenvalue weighted by molar-refractivity contribution is -0.140. The molecular weight excluding hydrogens is 396 g/mol. The quantitative estimate of drug-likeness (QED) is 0.425. The molecule has 0 atom stereocenters. The molecule has 0 saturated carbocycles. The molecule has 2 aromatic carbocycles. The predicted octanol–water partition coefficient (Wildman–Crippen LogP) is 3.65. The van der Waals surface area contributed by atoms with Crippen LogP contribution in [0.1, 0.15) is 24.8 Å². The minimum atomic E-state index is -0.349. The van der Waals surface area contributed by atoms with Gasteiger partial charge in [0, 0.05) is 35.5 Å². The third kappa shape index (κ3) is 5.48. The molecular formula is C23H22N4O4. The Morgan fingerprint density at radius 1 is 1.13 bits per heavy atom. The van der Waals surface area contributed by atoms with E-state index in [2.05, 4.69) is 31.3 Å². The number of anilines is 3. The minimum Gasteiger partial charge on any atom is -0.494 e. The first kappa shape index (κ1) is 21.6. The Kier molecular flexibility index (Phi) is 7.01. The molecule has 31 heavy (non-hydrogen) atoms. The van der Waals surface area contributed by atoms with Gasteiger partial charge in [0.25, 0.3) is 0 Å². The summed E-state index contributed by atoms with van der Waals surface area (Å²) in [7, 11) is 2.83. The van der Waals surface area contributed by atoms with E-state index in [4.69, 9.17) is 11.2 Å². The smallest absolute Gasteiger partial charge is 0.305 e. The molecule has 0 spiro atoms. The average molecular weight is 418 g/mol. The summed E-state index contributed by atoms with van der Waals surface area (Å²) in [6.07, 6.45) is 7.66. The molecule has 1 aromatic heterocycles. The van der Waals surface area contributed by atoms with Gasteiger partial charge in [0.05, 0.1) is 25.4 Å². The monoisotopic (exact) mass is 418 g/mol. The number of fused-ring (bicyclic) bond motifs is 1. The van der Waals surface area contributed by atoms with Crippen molar-refractivity contribution < 1.29 is 19.1 Å². The molecule has 0 fully saturated rings. The third-order valence-corrected chi connectivity index (χ3v) is 4.54. The fourth-order valence-corrected chi connectivity index (χ4v) is 2.98. The molecule has 8 nitrogen and oxygen atoms in total. The number of aromatic nitrogens is 2. The van der Waals surface area contributed by atoms with Crippen LogP contribution in [0.25, 0.3) is 10.9 Å². The standard InChI is InChI=1S/C23H22N4O4/c1-4-15-7-5-8-16(11-15)26-23-17-12-19(20(30-2)13-18(17)24-14-25-23)27-21(28)9-6-10-22(29)31-3/h1,5,7-8,11-14H,6,9-10H2,2-3H3,(H,27,28)(H,24,25,26). The van der Waals surface area contributed by atoms with E-state index in [0.29, 0.717) is 34.6 Å². The van der Waals surface area contributed by atoms with Crippen LogP contribution in [0.2, 0.25) is 0 Å². The number of hydrogen-bond donors (Lipinski definition) is 2. The molecule has 1 heterocycles. The number of rotatable bonds is 8. The zero-order valence-electron chi connectivity index (χ0n) is 17.3. The molecule has 0 unspecified atom stereocenters. The van der Waals surface area contributed by atoms with Gasteiger partial charge in [-0.05, 0) is 30.7 Å². The van der Waals surface area contributed by atoms with Crippen molar-refractivity contribution in [1.82, 2.24) is 9.97 Å². The first-order valence-electron chi connectivity index (χ1n) is 9.57. The predicted molar refractivity (Wildman–Crippen MR) is 118 cm³/mol. The highest BCUT2D eigenvalue weighted by Gasteiger charge is 2.14. The van der Waals surface area contributed by atoms with Crippen LogP contribution in [-0.2, 0) is 14.3 Å². The molecule has 0 radical (unpaired) electrons. The number of amides is 1. The van der Waals surface area contributed by atoms with Gasteiger partial charge in [-0.3, -0.25) is 9.59 Å². The molecule has 158 valence electrons. The van der Waals surface area contributed by atoms with Crippen LogP contribution in [0, 0.1) is 12.3 Å². The molecule has 0 aliphatic carbocycles. The van der Waals surface area contributed by atoms with Gasteiger partial charge in [-0.1, -0.05) is 12.0 Å². The van der Waals surface area contributed by atoms with Gasteiger partial charge < -0.3 is 20.1 Å². The van der Waals surface area contributed by atoms with Gasteiger partial charge in [0.15, 0.2) is 0 Å². The second-order valence-corrected chi connectivity index (χ2v) is 6.62. The number of benzene rings is 2. The average Bonchev–Trinajstić information content (AvgIpc) is 2.79. The fraction of sp³-hybridized carbons (Fsp3) is 0.217. The fourth-order valence-electron chi connectivity index (χ4n) is 2.98. The lowest BCUT2D eigenvalue weighted by Crippen LogP contribution is -2.13. The Morgan fingerprint density at radius 2 is 1.97 bits per heavy atom. The van der Waals surface area contributed by atoms with Crippen LogP contribution in [0.3, 0.4) is 0 Å². The molecule has 0 aliphatic heterocycles. The second kappa shape index (κ2) is 10.1. The molecule has 1 amide bonds. The third-order valence-electron chi connectivity index (χ3n) is 4.54. The van der Waals surface area contributed by atoms with Crippen molar-refractivity contribution in [3.63, 3.8) is 0 Å². The van der Waals surface area contributed by atoms with Crippen molar-refractivity contribution in [2.75, 3.05) is 24.9 Å². The van der Waals surface area contributed by atoms with Gasteiger partial charge in [-0.2, -0.15) is 0 Å². The molecule has 3 aromatic rings. The van der Waals surface area contributed by atoms with E-state index in [-0.39, 0.29) is 24.7 Å². The van der Waals surface area contributed by atoms with Crippen molar-refractivity contribution in [2.24, 2.45) is 0 Å². The summed E-state index contributed by atoms with van der Waals surface area (Å²) in [5.74, 6) is 3.03. The van der Waals surface area contributed by atoms with Gasteiger partial charge in [0.2, 0.25) is 5.91 Å². The number of ether oxygens (including phenoxy) is 2. The van der Waals surface area contributed by atoms with Crippen LogP contribution in [-0.4, -0.2) is 36.1 Å². The van der Waals surface area contributed by atoms with E-state index >= 15 is 0 Å². The lowest BCUT2D eigenvalue weighted by Gasteiger charge is -2.14. The Balaban J connectivity index is 1.86. The largest absolute Gasteiger partial charge is 0.494 e. The maximum absolute atomic E-state index is 12.3. The van der Waals surface area contributed by atoms with Crippen LogP contribution in [0.5, 0.6) is 5.75 Å². The number of esters is 1. The van der Waals surface area contributed by atoms with Gasteiger partial charge in [-0.25, -0.2) is 9.97 Å². The Labute approximate surface area is 180 Å². The summed E-state index contributed by atoms with van der Waals surface area (Å²) < 4.78 is 10.0. The maximum atomic E-state index is 12.3. The Morgan fingerprint density at radius 3 is 2.71 bits per heavy atom. The van der Waals surface area contributed by atoms with Crippen molar-refractivity contribution in [2.45, 2.75) is 19.3 Å². The van der Waals surface area contributed by atoms with Crippen LogP contribution in [0.15, 0.2) is 42.7 Å². The highest BCUT2D eigenvalue weighted by Crippen LogP contribution is 2.33. The van der Waals surface area contributed by atoms with E-state index < -0.39 is 0 Å². The lowest BCUT2D eigenvalue weighted by atomic mass is 10.1. The summed E-state index contributed by atoms with van der Waals surface area (Å²) in [6, 6.07) is 10.9. The summed E-state index contributed by atoms with van der Waals surface area (Å²) in [5.41, 5.74) is 2.64. The SMILES string of the molecule is C#Cc1cccc(Nc2ncnc3cc(OC)c(NC(=O)CCCC(=O)OC)cc23)c1. The van der Waals surface area contributed by atoms with E-state index in [1.54, 1.807) is 12.1 Å². The minimum absolute atomic E-state index is 0.172. The van der Waals surface area contributed by atoms with Crippen LogP contribution >= 0.6 is 0 Å². The topological polar surface area (TPSA) is 102 Å². The summed E-state index contributed by atoms with van der Waals surface area (Å²) >= 11 is 0. The zero-order chi connectivity index (χ0) is 22.2. The highest BCUT2D eigenvalue weighted by atomic mass is 16.5. The number of nitrogens with zero attached hydrogens (tertiary/aromatic N) is 2. The normalized spacial score (nSPS) is 10.2. The van der Waals surface area contributed by atoms with E-state index in [9.17, 15) is 9.59 Å². The number of terminal acetylenes is 1. The molecule has 3 rings (SSSR count). The highest BCUT2D eigenvalue weighted by molar-refractivity contribution is 5.99. The maximum Gasteiger partial charge on any atom is 0.305 e. The molecule has 0 bridgehead atoms. The molecule has 0 aliphatic rings. The van der Waals surface area contributed by atoms with Crippen molar-refractivity contribution in [3.8, 4) is 18.1 Å². The summed E-state index contributed by atoms with van der Waals surface area (Å²) in [4.78, 5) is 32.2. The van der Waals surface area contributed by atoms with E-state index in [1.165, 1.54) is 20.5 Å². The Hall–Kier alpha value is -4.12. The van der Waals surface area contributed by atoms with Crippen molar-refractivity contribution in [1.29, 1.82) is 0 Å². The molecule has 0 saturated heterocycles. The second-order valence-electron chi connectivity index (χ2n) is 6.62. The molecule has 8 heteroatoms. The Bertz CT molecular complexity index is 1150. The molecule has 2 N–H and O–H groups in total. The first-order valence-corrected chi connectivity index (χ1v) is 9.57. The van der Waals surface area contributed by atoms with Crippen molar-refractivity contribution in [3.05, 3.63) is 48.3 Å². The summed E-state index contributed by atoms with van der Waals surface area (Å²) in [6.45, 7) is 0. The number of carbonyl (C=O) groups excluding carboxylic acids is 2. The van der Waals surface area contributed by atoms with E-state index in [0.717, 1.165) is 11.3 Å². The van der Waals surface area contributed by atoms with E-state index in [1.807, 2.05) is 24.3 Å². The van der Waals surface area contributed by atoms with Crippen molar-refractivity contribution >= 4 is 40.0 Å². The summed E-state index contributed by atoms with van der Waals surface area (Å²) in [5, 5.41) is 6.76. The number of hydrogen-bond acceptors (Lipinski definition) is 7. The zero-order valence-corrected chi connectivity index (χ0v) is 17.3. The number of methoxy groups -OCH3 is 2. The van der Waals surface area contributed by atoms with Gasteiger partial charge in [-0.15, -0.1) is 6.42 Å². The number of nitrogens with one attached hydrogen (secondary N) is 2. The number of carbonyl (C=O) groups is 2. The van der Waals surface area contributed by atoms with Gasteiger partial charge in [0.1, 0.15) is 17.9 Å². The first-order chi connectivity index (χ1) is 15.0. The van der Waals surface area contributed by atoms with Crippen LogP contribution < -0.4 is 15.4 Å². The van der Waals surface area contributed by atoms with Crippen LogP contribution in [0.4, 0.5) is 17.2 Å². The van der Waals surface area contributed by atoms with Gasteiger partial charge >= 0.3 is 5.97 Å².